The van der Waals surface area contributed by atoms with Gasteiger partial charge in [-0.2, -0.15) is 4.31 Å². The predicted molar refractivity (Wildman–Crippen MR) is 38.7 cm³/mol. The van der Waals surface area contributed by atoms with Crippen molar-refractivity contribution in [1.29, 1.82) is 0 Å². The lowest BCUT2D eigenvalue weighted by atomic mass is 15.7. The van der Waals surface area contributed by atoms with Crippen LogP contribution in [0.4, 0.5) is 0 Å². The summed E-state index contributed by atoms with van der Waals surface area (Å²) in [6.07, 6.45) is 0. The van der Waals surface area contributed by atoms with Gasteiger partial charge >= 0.3 is 24.2 Å². The summed E-state index contributed by atoms with van der Waals surface area (Å²) in [6, 6.07) is 0. The molecule has 0 fully saturated rings. The molecule has 0 aliphatic rings. The molecule has 7 N–H and O–H groups in total. The van der Waals surface area contributed by atoms with Crippen LogP contribution in [0.15, 0.2) is 0 Å². The summed E-state index contributed by atoms with van der Waals surface area (Å²) in [5.74, 6) is 0. The lowest BCUT2D eigenvalue weighted by Gasteiger charge is -2.03. The first-order valence-electron chi connectivity index (χ1n) is 2.13. The maximum absolute atomic E-state index is 9.63. The molecule has 0 saturated heterocycles. The van der Waals surface area contributed by atoms with Crippen molar-refractivity contribution in [2.75, 3.05) is 0 Å². The molecule has 10 nitrogen and oxygen atoms in total. The van der Waals surface area contributed by atoms with Crippen molar-refractivity contribution < 1.29 is 47.7 Å². The molecule has 13 heteroatoms. The van der Waals surface area contributed by atoms with Gasteiger partial charge in [-0.25, -0.2) is 9.13 Å². The van der Waals surface area contributed by atoms with Crippen molar-refractivity contribution in [3.63, 3.8) is 0 Å². The first-order chi connectivity index (χ1) is 5.44. The fourth-order valence-electron chi connectivity index (χ4n) is 0.139. The van der Waals surface area contributed by atoms with Crippen LogP contribution in [0.1, 0.15) is 0 Å². The second-order valence-corrected chi connectivity index (χ2v) is 4.48. The summed E-state index contributed by atoms with van der Waals surface area (Å²) in [5, 5.41) is 0. The maximum atomic E-state index is 9.63. The number of hydrogen-bond donors (Lipinski definition) is 7. The van der Waals surface area contributed by atoms with Gasteiger partial charge in [-0.1, -0.05) is 0 Å². The normalized spacial score (nSPS) is 12.3. The summed E-state index contributed by atoms with van der Waals surface area (Å²) in [6.45, 7) is 0. The molecule has 0 aliphatic carbocycles. The molecule has 0 saturated carbocycles. The fourth-order valence-corrected chi connectivity index (χ4v) is 1.25. The maximum Gasteiger partial charge on any atom is 0.478 e. The van der Waals surface area contributed by atoms with Gasteiger partial charge in [-0.15, -0.1) is 0 Å². The van der Waals surface area contributed by atoms with Gasteiger partial charge in [0, 0.05) is 0 Å². The Balaban J connectivity index is 0. The number of phosphoric acid groups is 2. The molecule has 0 aliphatic heterocycles. The largest absolute Gasteiger partial charge is 0.478 e. The Kier molecular flexibility index (Phi) is 7.55. The molecule has 82 valence electrons. The SMILES string of the molecule is O=P(O)(O)OP(=O)(O)O.OP(O)O. The minimum atomic E-state index is -5.05. The Morgan fingerprint density at radius 2 is 1.00 bits per heavy atom. The van der Waals surface area contributed by atoms with Gasteiger partial charge < -0.3 is 34.3 Å². The molecule has 0 bridgehead atoms. The molecule has 0 spiro atoms. The third-order valence-electron chi connectivity index (χ3n) is 0.213. The molecule has 0 unspecified atom stereocenters. The molecule has 0 amide bonds. The zero-order valence-corrected chi connectivity index (χ0v) is 8.38. The Morgan fingerprint density at radius 3 is 1.00 bits per heavy atom. The summed E-state index contributed by atoms with van der Waals surface area (Å²) in [5.41, 5.74) is 0. The van der Waals surface area contributed by atoms with E-state index in [4.69, 9.17) is 34.3 Å². The third kappa shape index (κ3) is 32.5. The first kappa shape index (κ1) is 16.0. The van der Waals surface area contributed by atoms with Gasteiger partial charge in [0.1, 0.15) is 0 Å². The highest BCUT2D eigenvalue weighted by atomic mass is 31.3. The lowest BCUT2D eigenvalue weighted by molar-refractivity contribution is 0.225. The highest BCUT2D eigenvalue weighted by molar-refractivity contribution is 7.60. The summed E-state index contributed by atoms with van der Waals surface area (Å²) < 4.78 is 22.2. The Bertz CT molecular complexity index is 181. The molecule has 0 aromatic rings. The first-order valence-corrected chi connectivity index (χ1v) is 6.39. The van der Waals surface area contributed by atoms with Crippen molar-refractivity contribution in [3.8, 4) is 0 Å². The molecule has 0 radical (unpaired) electrons. The van der Waals surface area contributed by atoms with Crippen LogP contribution in [-0.4, -0.2) is 34.3 Å². The molecule has 0 heterocycles. The van der Waals surface area contributed by atoms with Crippen LogP contribution >= 0.6 is 24.2 Å². The monoisotopic (exact) mass is 260 g/mol. The Labute approximate surface area is 72.9 Å². The van der Waals surface area contributed by atoms with E-state index in [1.807, 2.05) is 0 Å². The summed E-state index contributed by atoms with van der Waals surface area (Å²) in [7, 11) is -12.7. The van der Waals surface area contributed by atoms with E-state index in [2.05, 4.69) is 4.31 Å². The van der Waals surface area contributed by atoms with Crippen LogP contribution in [0.3, 0.4) is 0 Å². The van der Waals surface area contributed by atoms with E-state index in [0.717, 1.165) is 0 Å². The highest BCUT2D eigenvalue weighted by Crippen LogP contribution is 2.53. The van der Waals surface area contributed by atoms with Crippen LogP contribution in [0.2, 0.25) is 0 Å². The van der Waals surface area contributed by atoms with E-state index in [0.29, 0.717) is 0 Å². The second-order valence-electron chi connectivity index (χ2n) is 1.33. The van der Waals surface area contributed by atoms with E-state index in [1.165, 1.54) is 0 Å². The minimum Gasteiger partial charge on any atom is -0.328 e. The van der Waals surface area contributed by atoms with Crippen LogP contribution in [0, 0.1) is 0 Å². The van der Waals surface area contributed by atoms with Crippen molar-refractivity contribution in [2.45, 2.75) is 0 Å². The van der Waals surface area contributed by atoms with Gasteiger partial charge in [0.15, 0.2) is 0 Å². The molecule has 0 aromatic heterocycles. The van der Waals surface area contributed by atoms with Gasteiger partial charge in [0.2, 0.25) is 0 Å². The standard InChI is InChI=1S/H4O7P2.H3O3P/c1-8(2,3)7-9(4,5)6;1-4(2)3/h(H2,1,2,3)(H2,4,5,6);1-3H. The zero-order valence-electron chi connectivity index (χ0n) is 5.70. The lowest BCUT2D eigenvalue weighted by Crippen LogP contribution is -1.84. The average Bonchev–Trinajstić information content (AvgIpc) is 1.47. The van der Waals surface area contributed by atoms with Gasteiger partial charge in [0.25, 0.3) is 0 Å². The van der Waals surface area contributed by atoms with E-state index in [1.54, 1.807) is 0 Å². The van der Waals surface area contributed by atoms with Gasteiger partial charge in [0.05, 0.1) is 0 Å². The van der Waals surface area contributed by atoms with Crippen molar-refractivity contribution in [2.24, 2.45) is 0 Å². The summed E-state index contributed by atoms with van der Waals surface area (Å²) in [4.78, 5) is 52.7. The van der Waals surface area contributed by atoms with Crippen molar-refractivity contribution >= 4 is 24.2 Å². The van der Waals surface area contributed by atoms with Crippen molar-refractivity contribution in [1.82, 2.24) is 0 Å². The van der Waals surface area contributed by atoms with Crippen LogP contribution in [-0.2, 0) is 13.4 Å². The van der Waals surface area contributed by atoms with Crippen LogP contribution in [0.5, 0.6) is 0 Å². The predicted octanol–water partition coefficient (Wildman–Crippen LogP) is -1.62. The molecule has 0 rings (SSSR count). The van der Waals surface area contributed by atoms with Gasteiger partial charge in [-0.3, -0.25) is 0 Å². The van der Waals surface area contributed by atoms with E-state index < -0.39 is 24.2 Å². The fraction of sp³-hybridized carbons (Fsp3) is 0. The Morgan fingerprint density at radius 1 is 0.846 bits per heavy atom. The van der Waals surface area contributed by atoms with E-state index in [-0.39, 0.29) is 0 Å². The minimum absolute atomic E-state index is 2.62. The van der Waals surface area contributed by atoms with E-state index >= 15 is 0 Å². The Hall–Kier alpha value is 0.570. The molecule has 0 atom stereocenters. The summed E-state index contributed by atoms with van der Waals surface area (Å²) >= 11 is 0. The molecule has 0 aromatic carbocycles. The topological polar surface area (TPSA) is 185 Å². The number of hydrogen-bond acceptors (Lipinski definition) is 6. The van der Waals surface area contributed by atoms with E-state index in [9.17, 15) is 9.13 Å². The van der Waals surface area contributed by atoms with Crippen molar-refractivity contribution in [3.05, 3.63) is 0 Å². The third-order valence-corrected chi connectivity index (χ3v) is 1.91. The quantitative estimate of drug-likeness (QED) is 0.284. The van der Waals surface area contributed by atoms with Gasteiger partial charge in [-0.05, 0) is 0 Å². The molecule has 13 heavy (non-hydrogen) atoms. The average molecular weight is 260 g/mol. The highest BCUT2D eigenvalue weighted by Gasteiger charge is 2.27. The smallest absolute Gasteiger partial charge is 0.328 e. The molecular weight excluding hydrogens is 253 g/mol. The number of rotatable bonds is 2. The molecular formula is H7O10P3. The van der Waals surface area contributed by atoms with Crippen LogP contribution in [0.25, 0.3) is 0 Å². The van der Waals surface area contributed by atoms with Crippen LogP contribution < -0.4 is 0 Å². The zero-order chi connectivity index (χ0) is 11.3. The second kappa shape index (κ2) is 6.13.